The van der Waals surface area contributed by atoms with Gasteiger partial charge in [0.2, 0.25) is 0 Å². The Bertz CT molecular complexity index is 760. The molecule has 1 N–H and O–H groups in total. The van der Waals surface area contributed by atoms with Crippen LogP contribution in [0.1, 0.15) is 51.5 Å². The average molecular weight is 495 g/mol. The van der Waals surface area contributed by atoms with Crippen LogP contribution in [0, 0.1) is 0 Å². The van der Waals surface area contributed by atoms with Crippen LogP contribution in [0.2, 0.25) is 0 Å². The zero-order valence-corrected chi connectivity index (χ0v) is 22.1. The summed E-state index contributed by atoms with van der Waals surface area (Å²) in [4.78, 5) is 6.95. The number of hydrogen-bond acceptors (Lipinski definition) is 8. The summed E-state index contributed by atoms with van der Waals surface area (Å²) >= 11 is 1.61. The number of fused-ring (bicyclic) bond motifs is 1. The summed E-state index contributed by atoms with van der Waals surface area (Å²) in [6, 6.07) is 7.84. The summed E-state index contributed by atoms with van der Waals surface area (Å²) < 4.78 is 24.5. The highest BCUT2D eigenvalue weighted by molar-refractivity contribution is 8.14. The SMILES string of the molecule is CCCCO[C@@H]1[C@H]2N=C(N(C)C)S[C@H]2O[C@H](C(O)CCc2ccc(OC)cc2)[C@H]1OCCCC. The maximum Gasteiger partial charge on any atom is 0.161 e. The number of benzene rings is 1. The van der Waals surface area contributed by atoms with Crippen molar-refractivity contribution in [3.63, 3.8) is 0 Å². The standard InChI is InChI=1S/C26H42N2O5S/c1-6-8-16-31-23-21-25(34-26(27-21)28(3)4)33-22(24(23)32-17-9-7-2)20(29)15-12-18-10-13-19(30-5)14-11-18/h10-11,13-14,20-25,29H,6-9,12,15-17H2,1-5H3/t20?,21-,22-,23-,24-,25-/m1/s1. The zero-order valence-electron chi connectivity index (χ0n) is 21.3. The number of aliphatic imine (C=N–C) groups is 1. The Morgan fingerprint density at radius 1 is 1.06 bits per heavy atom. The number of aliphatic hydroxyl groups excluding tert-OH is 1. The number of aliphatic hydroxyl groups is 1. The van der Waals surface area contributed by atoms with Crippen molar-refractivity contribution in [2.24, 2.45) is 4.99 Å². The third-order valence-electron chi connectivity index (χ3n) is 6.30. The van der Waals surface area contributed by atoms with Gasteiger partial charge in [-0.3, -0.25) is 4.99 Å². The quantitative estimate of drug-likeness (QED) is 0.414. The van der Waals surface area contributed by atoms with Crippen molar-refractivity contribution in [2.45, 2.75) is 88.3 Å². The Hall–Kier alpha value is -1.32. The van der Waals surface area contributed by atoms with Crippen molar-refractivity contribution in [1.82, 2.24) is 4.90 Å². The van der Waals surface area contributed by atoms with Gasteiger partial charge in [0, 0.05) is 27.3 Å². The van der Waals surface area contributed by atoms with E-state index in [9.17, 15) is 5.11 Å². The highest BCUT2D eigenvalue weighted by atomic mass is 32.2. The second kappa shape index (κ2) is 13.7. The van der Waals surface area contributed by atoms with E-state index in [0.29, 0.717) is 19.6 Å². The Morgan fingerprint density at radius 2 is 1.71 bits per heavy atom. The Labute approximate surface area is 209 Å². The number of aryl methyl sites for hydroxylation is 1. The van der Waals surface area contributed by atoms with Crippen LogP contribution in [0.3, 0.4) is 0 Å². The van der Waals surface area contributed by atoms with E-state index in [1.54, 1.807) is 18.9 Å². The van der Waals surface area contributed by atoms with E-state index >= 15 is 0 Å². The van der Waals surface area contributed by atoms with Crippen LogP contribution in [0.5, 0.6) is 5.75 Å². The molecule has 0 aliphatic carbocycles. The third-order valence-corrected chi connectivity index (χ3v) is 7.61. The monoisotopic (exact) mass is 494 g/mol. The van der Waals surface area contributed by atoms with Gasteiger partial charge in [0.05, 0.1) is 13.2 Å². The molecule has 1 aromatic rings. The number of methoxy groups -OCH3 is 1. The minimum absolute atomic E-state index is 0.143. The van der Waals surface area contributed by atoms with Gasteiger partial charge in [-0.1, -0.05) is 50.6 Å². The number of thioether (sulfide) groups is 1. The summed E-state index contributed by atoms with van der Waals surface area (Å²) in [6.07, 6.45) is 3.64. The summed E-state index contributed by atoms with van der Waals surface area (Å²) in [5, 5.41) is 12.2. The molecule has 1 fully saturated rings. The average Bonchev–Trinajstić information content (AvgIpc) is 3.28. The van der Waals surface area contributed by atoms with Gasteiger partial charge in [0.15, 0.2) is 5.17 Å². The van der Waals surface area contributed by atoms with Crippen molar-refractivity contribution in [3.8, 4) is 5.75 Å². The minimum atomic E-state index is -0.670. The van der Waals surface area contributed by atoms with Crippen molar-refractivity contribution in [2.75, 3.05) is 34.4 Å². The fourth-order valence-electron chi connectivity index (χ4n) is 4.25. The molecule has 8 heteroatoms. The molecule has 0 saturated carbocycles. The first kappa shape index (κ1) is 27.3. The van der Waals surface area contributed by atoms with Crippen LogP contribution in [0.25, 0.3) is 0 Å². The maximum atomic E-state index is 11.3. The van der Waals surface area contributed by atoms with Gasteiger partial charge in [0.25, 0.3) is 0 Å². The van der Waals surface area contributed by atoms with Crippen LogP contribution < -0.4 is 4.74 Å². The first-order chi connectivity index (χ1) is 16.5. The van der Waals surface area contributed by atoms with Crippen LogP contribution in [-0.4, -0.2) is 85.5 Å². The highest BCUT2D eigenvalue weighted by Gasteiger charge is 2.52. The topological polar surface area (TPSA) is 72.8 Å². The summed E-state index contributed by atoms with van der Waals surface area (Å²) in [7, 11) is 5.65. The van der Waals surface area contributed by atoms with Crippen molar-refractivity contribution in [3.05, 3.63) is 29.8 Å². The molecule has 0 radical (unpaired) electrons. The molecular formula is C26H42N2O5S. The van der Waals surface area contributed by atoms with E-state index in [0.717, 1.165) is 48.6 Å². The van der Waals surface area contributed by atoms with Gasteiger partial charge < -0.3 is 29.0 Å². The van der Waals surface area contributed by atoms with Crippen LogP contribution >= 0.6 is 11.8 Å². The molecule has 1 unspecified atom stereocenters. The summed E-state index contributed by atoms with van der Waals surface area (Å²) in [5.41, 5.74) is 0.969. The molecule has 2 aliphatic rings. The molecular weight excluding hydrogens is 452 g/mol. The second-order valence-corrected chi connectivity index (χ2v) is 10.3. The number of hydrogen-bond donors (Lipinski definition) is 1. The Kier molecular flexibility index (Phi) is 11.0. The third kappa shape index (κ3) is 7.10. The van der Waals surface area contributed by atoms with Gasteiger partial charge in [-0.15, -0.1) is 0 Å². The predicted octanol–water partition coefficient (Wildman–Crippen LogP) is 4.12. The molecule has 1 saturated heterocycles. The van der Waals surface area contributed by atoms with E-state index in [4.69, 9.17) is 23.9 Å². The first-order valence-corrected chi connectivity index (χ1v) is 13.5. The van der Waals surface area contributed by atoms with Crippen LogP contribution in [0.15, 0.2) is 29.3 Å². The van der Waals surface area contributed by atoms with Crippen molar-refractivity contribution in [1.29, 1.82) is 0 Å². The number of amidine groups is 1. The van der Waals surface area contributed by atoms with Gasteiger partial charge in [-0.05, 0) is 43.4 Å². The highest BCUT2D eigenvalue weighted by Crippen LogP contribution is 2.40. The van der Waals surface area contributed by atoms with Gasteiger partial charge >= 0.3 is 0 Å². The van der Waals surface area contributed by atoms with Gasteiger partial charge in [0.1, 0.15) is 35.5 Å². The largest absolute Gasteiger partial charge is 0.497 e. The molecule has 192 valence electrons. The Morgan fingerprint density at radius 3 is 2.29 bits per heavy atom. The van der Waals surface area contributed by atoms with Crippen LogP contribution in [0.4, 0.5) is 0 Å². The second-order valence-electron chi connectivity index (χ2n) is 9.22. The van der Waals surface area contributed by atoms with Crippen molar-refractivity contribution < 1.29 is 24.1 Å². The van der Waals surface area contributed by atoms with E-state index in [-0.39, 0.29) is 23.7 Å². The molecule has 3 rings (SSSR count). The lowest BCUT2D eigenvalue weighted by molar-refractivity contribution is -0.215. The molecule has 1 aromatic carbocycles. The van der Waals surface area contributed by atoms with E-state index in [1.807, 2.05) is 43.3 Å². The number of ether oxygens (including phenoxy) is 4. The Balaban J connectivity index is 1.76. The first-order valence-electron chi connectivity index (χ1n) is 12.6. The lowest BCUT2D eigenvalue weighted by Gasteiger charge is -2.44. The predicted molar refractivity (Wildman–Crippen MR) is 138 cm³/mol. The molecule has 0 bridgehead atoms. The normalized spacial score (nSPS) is 27.2. The lowest BCUT2D eigenvalue weighted by atomic mass is 9.91. The molecule has 0 amide bonds. The van der Waals surface area contributed by atoms with Gasteiger partial charge in [-0.2, -0.15) is 0 Å². The number of rotatable bonds is 13. The maximum absolute atomic E-state index is 11.3. The zero-order chi connectivity index (χ0) is 24.5. The van der Waals surface area contributed by atoms with E-state index < -0.39 is 12.2 Å². The molecule has 0 aromatic heterocycles. The number of unbranched alkanes of at least 4 members (excludes halogenated alkanes) is 2. The van der Waals surface area contributed by atoms with E-state index in [1.165, 1.54) is 0 Å². The van der Waals surface area contributed by atoms with Crippen LogP contribution in [-0.2, 0) is 20.6 Å². The molecule has 2 heterocycles. The lowest BCUT2D eigenvalue weighted by Crippen LogP contribution is -2.60. The van der Waals surface area contributed by atoms with Crippen molar-refractivity contribution >= 4 is 16.9 Å². The fourth-order valence-corrected chi connectivity index (χ4v) is 5.39. The molecule has 34 heavy (non-hydrogen) atoms. The molecule has 6 atom stereocenters. The minimum Gasteiger partial charge on any atom is -0.497 e. The summed E-state index contributed by atoms with van der Waals surface area (Å²) in [6.45, 7) is 5.58. The van der Waals surface area contributed by atoms with E-state index in [2.05, 4.69) is 13.8 Å². The summed E-state index contributed by atoms with van der Waals surface area (Å²) in [5.74, 6) is 0.831. The molecule has 2 aliphatic heterocycles. The number of nitrogens with zero attached hydrogens (tertiary/aromatic N) is 2. The molecule has 0 spiro atoms. The molecule has 7 nitrogen and oxygen atoms in total. The fraction of sp³-hybridized carbons (Fsp3) is 0.731. The smallest absolute Gasteiger partial charge is 0.161 e. The van der Waals surface area contributed by atoms with Gasteiger partial charge in [-0.25, -0.2) is 0 Å².